The van der Waals surface area contributed by atoms with Crippen LogP contribution in [0.3, 0.4) is 0 Å². The van der Waals surface area contributed by atoms with Crippen LogP contribution in [0.4, 0.5) is 5.69 Å². The number of nitrogens with zero attached hydrogens (tertiary/aromatic N) is 1. The molecule has 0 aromatic heterocycles. The number of ether oxygens (including phenoxy) is 1. The van der Waals surface area contributed by atoms with Crippen molar-refractivity contribution in [1.29, 1.82) is 0 Å². The molecule has 1 saturated heterocycles. The third-order valence-corrected chi connectivity index (χ3v) is 4.73. The molecule has 1 heterocycles. The number of hydrogen-bond donors (Lipinski definition) is 1. The minimum Gasteiger partial charge on any atom is -0.469 e. The fourth-order valence-corrected chi connectivity index (χ4v) is 3.14. The van der Waals surface area contributed by atoms with Crippen LogP contribution in [0.2, 0.25) is 10.0 Å². The van der Waals surface area contributed by atoms with E-state index in [9.17, 15) is 9.59 Å². The molecule has 1 amide bonds. The van der Waals surface area contributed by atoms with Crippen LogP contribution in [0, 0.1) is 5.92 Å². The summed E-state index contributed by atoms with van der Waals surface area (Å²) < 4.78 is 4.77. The Hall–Kier alpha value is -1.30. The summed E-state index contributed by atoms with van der Waals surface area (Å²) >= 11 is 11.9. The summed E-state index contributed by atoms with van der Waals surface area (Å²) in [5, 5.41) is 3.74. The largest absolute Gasteiger partial charge is 0.469 e. The summed E-state index contributed by atoms with van der Waals surface area (Å²) in [6.45, 7) is 3.21. The average molecular weight is 359 g/mol. The van der Waals surface area contributed by atoms with Crippen molar-refractivity contribution < 1.29 is 14.3 Å². The molecule has 1 aromatic carbocycles. The molecule has 1 aromatic rings. The summed E-state index contributed by atoms with van der Waals surface area (Å²) in [6.07, 6.45) is 1.40. The number of methoxy groups -OCH3 is 1. The van der Waals surface area contributed by atoms with Crippen LogP contribution in [-0.4, -0.2) is 43.0 Å². The van der Waals surface area contributed by atoms with Gasteiger partial charge in [-0.3, -0.25) is 14.5 Å². The van der Waals surface area contributed by atoms with Gasteiger partial charge in [-0.2, -0.15) is 0 Å². The highest BCUT2D eigenvalue weighted by atomic mass is 35.5. The van der Waals surface area contributed by atoms with Crippen LogP contribution in [0.5, 0.6) is 0 Å². The number of amides is 1. The van der Waals surface area contributed by atoms with Gasteiger partial charge in [-0.1, -0.05) is 23.2 Å². The summed E-state index contributed by atoms with van der Waals surface area (Å²) in [5.74, 6) is -0.377. The molecule has 0 radical (unpaired) electrons. The number of carbonyl (C=O) groups excluding carboxylic acids is 2. The van der Waals surface area contributed by atoms with E-state index in [0.29, 0.717) is 41.7 Å². The molecular weight excluding hydrogens is 339 g/mol. The lowest BCUT2D eigenvalue weighted by Gasteiger charge is -2.34. The van der Waals surface area contributed by atoms with E-state index in [1.54, 1.807) is 18.2 Å². The second kappa shape index (κ2) is 7.99. The molecule has 1 aliphatic rings. The van der Waals surface area contributed by atoms with Crippen molar-refractivity contribution in [3.8, 4) is 0 Å². The molecule has 0 bridgehead atoms. The highest BCUT2D eigenvalue weighted by Crippen LogP contribution is 2.26. The summed E-state index contributed by atoms with van der Waals surface area (Å²) in [4.78, 5) is 26.0. The van der Waals surface area contributed by atoms with E-state index in [2.05, 4.69) is 10.2 Å². The minimum atomic E-state index is -0.305. The Bertz CT molecular complexity index is 587. The number of carbonyl (C=O) groups is 2. The quantitative estimate of drug-likeness (QED) is 0.839. The number of piperidine rings is 1. The molecule has 2 rings (SSSR count). The minimum absolute atomic E-state index is 0.0720. The summed E-state index contributed by atoms with van der Waals surface area (Å²) in [7, 11) is 1.40. The summed E-state index contributed by atoms with van der Waals surface area (Å²) in [5.41, 5.74) is 0.539. The van der Waals surface area contributed by atoms with Crippen molar-refractivity contribution in [2.24, 2.45) is 5.92 Å². The first-order valence-corrected chi connectivity index (χ1v) is 8.25. The van der Waals surface area contributed by atoms with E-state index in [1.807, 2.05) is 6.92 Å². The molecule has 1 fully saturated rings. The molecule has 23 heavy (non-hydrogen) atoms. The molecule has 0 spiro atoms. The lowest BCUT2D eigenvalue weighted by atomic mass is 9.96. The van der Waals surface area contributed by atoms with Gasteiger partial charge >= 0.3 is 5.97 Å². The molecule has 1 N–H and O–H groups in total. The van der Waals surface area contributed by atoms with Gasteiger partial charge in [0.1, 0.15) is 0 Å². The Kier molecular flexibility index (Phi) is 6.27. The number of hydrogen-bond acceptors (Lipinski definition) is 4. The first-order chi connectivity index (χ1) is 10.9. The number of esters is 1. The van der Waals surface area contributed by atoms with E-state index in [0.717, 1.165) is 0 Å². The number of likely N-dealkylation sites (tertiary alicyclic amines) is 1. The maximum Gasteiger partial charge on any atom is 0.308 e. The molecule has 1 atom stereocenters. The molecule has 7 heteroatoms. The molecule has 0 unspecified atom stereocenters. The zero-order valence-electron chi connectivity index (χ0n) is 13.1. The standard InChI is InChI=1S/C16H20Cl2N2O3/c1-10(20-7-5-11(6-8-20)16(22)23-2)15(21)19-14-4-3-12(17)9-13(14)18/h3-4,9-11H,5-8H2,1-2H3,(H,19,21)/t10-/m1/s1. The molecular formula is C16H20Cl2N2O3. The third kappa shape index (κ3) is 4.59. The smallest absolute Gasteiger partial charge is 0.308 e. The second-order valence-corrected chi connectivity index (χ2v) is 6.47. The van der Waals surface area contributed by atoms with Crippen LogP contribution >= 0.6 is 23.2 Å². The second-order valence-electron chi connectivity index (χ2n) is 5.62. The van der Waals surface area contributed by atoms with Gasteiger partial charge < -0.3 is 10.1 Å². The molecule has 5 nitrogen and oxygen atoms in total. The number of nitrogens with one attached hydrogen (secondary N) is 1. The van der Waals surface area contributed by atoms with Gasteiger partial charge in [0.05, 0.1) is 29.8 Å². The van der Waals surface area contributed by atoms with Crippen LogP contribution in [-0.2, 0) is 14.3 Å². The zero-order chi connectivity index (χ0) is 17.0. The van der Waals surface area contributed by atoms with E-state index >= 15 is 0 Å². The van der Waals surface area contributed by atoms with Gasteiger partial charge in [0, 0.05) is 5.02 Å². The Morgan fingerprint density at radius 1 is 1.30 bits per heavy atom. The number of rotatable bonds is 4. The van der Waals surface area contributed by atoms with Gasteiger partial charge in [-0.15, -0.1) is 0 Å². The van der Waals surface area contributed by atoms with Gasteiger partial charge in [-0.25, -0.2) is 0 Å². The van der Waals surface area contributed by atoms with Gasteiger partial charge in [0.2, 0.25) is 5.91 Å². The van der Waals surface area contributed by atoms with Crippen molar-refractivity contribution in [2.45, 2.75) is 25.8 Å². The van der Waals surface area contributed by atoms with Gasteiger partial charge in [0.25, 0.3) is 0 Å². The highest BCUT2D eigenvalue weighted by Gasteiger charge is 2.30. The number of benzene rings is 1. The molecule has 1 aliphatic heterocycles. The van der Waals surface area contributed by atoms with E-state index in [-0.39, 0.29) is 23.8 Å². The lowest BCUT2D eigenvalue weighted by Crippen LogP contribution is -2.47. The molecule has 0 aliphatic carbocycles. The Morgan fingerprint density at radius 3 is 2.52 bits per heavy atom. The predicted octanol–water partition coefficient (Wildman–Crippen LogP) is 3.21. The predicted molar refractivity (Wildman–Crippen MR) is 90.9 cm³/mol. The van der Waals surface area contributed by atoms with Crippen molar-refractivity contribution in [3.63, 3.8) is 0 Å². The topological polar surface area (TPSA) is 58.6 Å². The molecule has 0 saturated carbocycles. The Labute approximate surface area is 145 Å². The first kappa shape index (κ1) is 18.0. The fourth-order valence-electron chi connectivity index (χ4n) is 2.68. The van der Waals surface area contributed by atoms with E-state index in [4.69, 9.17) is 27.9 Å². The van der Waals surface area contributed by atoms with Crippen LogP contribution in [0.25, 0.3) is 0 Å². The third-order valence-electron chi connectivity index (χ3n) is 4.18. The summed E-state index contributed by atoms with van der Waals surface area (Å²) in [6, 6.07) is 4.64. The van der Waals surface area contributed by atoms with Crippen LogP contribution < -0.4 is 5.32 Å². The normalized spacial score (nSPS) is 17.6. The van der Waals surface area contributed by atoms with Gasteiger partial charge in [0.15, 0.2) is 0 Å². The van der Waals surface area contributed by atoms with Crippen molar-refractivity contribution >= 4 is 40.8 Å². The fraction of sp³-hybridized carbons (Fsp3) is 0.500. The number of anilines is 1. The maximum absolute atomic E-state index is 12.4. The van der Waals surface area contributed by atoms with E-state index in [1.165, 1.54) is 7.11 Å². The van der Waals surface area contributed by atoms with Crippen LogP contribution in [0.1, 0.15) is 19.8 Å². The Morgan fingerprint density at radius 2 is 1.96 bits per heavy atom. The molecule has 126 valence electrons. The monoisotopic (exact) mass is 358 g/mol. The van der Waals surface area contributed by atoms with Crippen molar-refractivity contribution in [2.75, 3.05) is 25.5 Å². The highest BCUT2D eigenvalue weighted by molar-refractivity contribution is 6.36. The lowest BCUT2D eigenvalue weighted by molar-refractivity contribution is -0.147. The van der Waals surface area contributed by atoms with Crippen LogP contribution in [0.15, 0.2) is 18.2 Å². The average Bonchev–Trinajstić information content (AvgIpc) is 2.56. The van der Waals surface area contributed by atoms with Gasteiger partial charge in [-0.05, 0) is 51.1 Å². The first-order valence-electron chi connectivity index (χ1n) is 7.50. The maximum atomic E-state index is 12.4. The SMILES string of the molecule is COC(=O)C1CCN([C@H](C)C(=O)Nc2ccc(Cl)cc2Cl)CC1. The van der Waals surface area contributed by atoms with Crippen molar-refractivity contribution in [3.05, 3.63) is 28.2 Å². The zero-order valence-corrected chi connectivity index (χ0v) is 14.7. The van der Waals surface area contributed by atoms with E-state index < -0.39 is 0 Å². The number of halogens is 2. The van der Waals surface area contributed by atoms with Crippen molar-refractivity contribution in [1.82, 2.24) is 4.90 Å². The Balaban J connectivity index is 1.92.